The molecule has 0 saturated heterocycles. The summed E-state index contributed by atoms with van der Waals surface area (Å²) in [5, 5.41) is 11.3. The smallest absolute Gasteiger partial charge is 0.305 e. The lowest BCUT2D eigenvalue weighted by atomic mass is 12.6. The summed E-state index contributed by atoms with van der Waals surface area (Å²) in [7, 11) is -1.66. The van der Waals surface area contributed by atoms with Crippen molar-refractivity contribution in [2.75, 3.05) is 0 Å². The zero-order chi connectivity index (χ0) is 8.53. The fraction of sp³-hybridized carbons (Fsp3) is 0. The van der Waals surface area contributed by atoms with E-state index in [0.29, 0.717) is 0 Å². The van der Waals surface area contributed by atoms with E-state index in [1.54, 1.807) is 0 Å². The second kappa shape index (κ2) is 6.55. The molecule has 5 N–H and O–H groups in total. The Bertz CT molecular complexity index is 163. The van der Waals surface area contributed by atoms with Crippen LogP contribution < -0.4 is 11.7 Å². The molecule has 0 radical (unpaired) electrons. The highest BCUT2D eigenvalue weighted by Crippen LogP contribution is 2.40. The van der Waals surface area contributed by atoms with Crippen molar-refractivity contribution in [1.82, 2.24) is 0 Å². The van der Waals surface area contributed by atoms with Gasteiger partial charge in [-0.2, -0.15) is 5.53 Å². The van der Waals surface area contributed by atoms with Crippen LogP contribution in [0.4, 0.5) is 0 Å². The summed E-state index contributed by atoms with van der Waals surface area (Å²) in [4.78, 5) is 9.83. The van der Waals surface area contributed by atoms with Gasteiger partial charge in [0.15, 0.2) is 0 Å². The molecule has 0 aliphatic carbocycles. The lowest BCUT2D eigenvalue weighted by molar-refractivity contribution is 0.922. The van der Waals surface area contributed by atoms with Gasteiger partial charge in [0.05, 0.1) is 0 Å². The van der Waals surface area contributed by atoms with Gasteiger partial charge < -0.3 is 11.7 Å². The third-order valence-electron chi connectivity index (χ3n) is 0.428. The Morgan fingerprint density at radius 1 is 1.00 bits per heavy atom. The highest BCUT2D eigenvalue weighted by Gasteiger charge is 2.01. The molecule has 0 saturated carbocycles. The third kappa shape index (κ3) is 4.90. The average Bonchev–Trinajstić information content (AvgIpc) is 2.01. The van der Waals surface area contributed by atoms with Crippen LogP contribution in [0.3, 0.4) is 0 Å². The molecule has 0 aliphatic heterocycles. The molecule has 0 amide bonds. The van der Waals surface area contributed by atoms with Crippen molar-refractivity contribution in [3.63, 3.8) is 0 Å². The van der Waals surface area contributed by atoms with Crippen molar-refractivity contribution < 1.29 is 0 Å². The summed E-state index contributed by atoms with van der Waals surface area (Å²) in [6, 6.07) is 0. The molecule has 11 heteroatoms. The van der Waals surface area contributed by atoms with Gasteiger partial charge in [-0.15, -0.1) is 0 Å². The molecule has 0 spiro atoms. The molecule has 0 aromatic carbocycles. The van der Waals surface area contributed by atoms with Crippen molar-refractivity contribution in [3.05, 3.63) is 0 Å². The van der Waals surface area contributed by atoms with Gasteiger partial charge in [-0.3, -0.25) is 0 Å². The largest absolute Gasteiger partial charge is 0.332 e. The number of nitrogens with two attached hydrogens (primary N) is 2. The van der Waals surface area contributed by atoms with Gasteiger partial charge in [0.1, 0.15) is 0 Å². The molecule has 0 aromatic rings. The van der Waals surface area contributed by atoms with Crippen LogP contribution in [0.2, 0.25) is 0 Å². The van der Waals surface area contributed by atoms with Gasteiger partial charge in [-0.25, -0.2) is 0 Å². The van der Waals surface area contributed by atoms with E-state index < -0.39 is 8.37 Å². The van der Waals surface area contributed by atoms with E-state index in [4.69, 9.17) is 5.53 Å². The molecule has 0 unspecified atom stereocenters. The molecule has 0 heterocycles. The van der Waals surface area contributed by atoms with E-state index >= 15 is 0 Å². The van der Waals surface area contributed by atoms with Gasteiger partial charge >= 0.3 is 8.37 Å². The molecule has 0 atom stereocenters. The van der Waals surface area contributed by atoms with Crippen molar-refractivity contribution >= 4 is 8.37 Å². The van der Waals surface area contributed by atoms with Crippen molar-refractivity contribution in [2.24, 2.45) is 47.2 Å². The molecule has 11 heavy (non-hydrogen) atoms. The fourth-order valence-electron chi connectivity index (χ4n) is 0.202. The Balaban J connectivity index is 4.09. The van der Waals surface area contributed by atoms with Gasteiger partial charge in [-0.05, 0) is 10.4 Å². The van der Waals surface area contributed by atoms with Crippen LogP contribution in [-0.2, 0) is 0 Å². The summed E-state index contributed by atoms with van der Waals surface area (Å²) in [6.07, 6.45) is 0. The molecule has 0 fully saturated rings. The number of nitrogens with zero attached hydrogens (tertiary/aromatic N) is 7. The number of rotatable bonds is 4. The quantitative estimate of drug-likeness (QED) is 0.254. The van der Waals surface area contributed by atoms with E-state index in [9.17, 15) is 0 Å². The zero-order valence-electron chi connectivity index (χ0n) is 5.23. The maximum absolute atomic E-state index is 6.23. The van der Waals surface area contributed by atoms with Gasteiger partial charge in [-0.1, -0.05) is 25.1 Å². The van der Waals surface area contributed by atoms with Crippen molar-refractivity contribution in [2.45, 2.75) is 0 Å². The summed E-state index contributed by atoms with van der Waals surface area (Å²) in [6.45, 7) is 0. The van der Waals surface area contributed by atoms with Crippen LogP contribution in [0.1, 0.15) is 0 Å². The van der Waals surface area contributed by atoms with Gasteiger partial charge in [0, 0.05) is 0 Å². The maximum atomic E-state index is 6.23. The Labute approximate surface area is 62.2 Å². The zero-order valence-corrected chi connectivity index (χ0v) is 6.13. The van der Waals surface area contributed by atoms with E-state index in [-0.39, 0.29) is 0 Å². The van der Waals surface area contributed by atoms with Crippen LogP contribution in [0.5, 0.6) is 0 Å². The first kappa shape index (κ1) is 9.43. The Morgan fingerprint density at radius 3 is 1.91 bits per heavy atom. The topological polar surface area (TPSA) is 162 Å². The summed E-state index contributed by atoms with van der Waals surface area (Å²) < 4.78 is 0. The first-order valence-corrected chi connectivity index (χ1v) is 3.34. The normalized spacial score (nSPS) is 14.9. The molecular formula is H5N10P. The number of hydrogen-bond donors (Lipinski definition) is 3. The van der Waals surface area contributed by atoms with E-state index in [2.05, 4.69) is 47.2 Å². The van der Waals surface area contributed by atoms with E-state index in [0.717, 1.165) is 0 Å². The highest BCUT2D eigenvalue weighted by atomic mass is 31.1. The summed E-state index contributed by atoms with van der Waals surface area (Å²) in [5.41, 5.74) is 6.23. The minimum atomic E-state index is -1.66. The van der Waals surface area contributed by atoms with Crippen LogP contribution in [0, 0.1) is 5.53 Å². The molecule has 60 valence electrons. The SMILES string of the molecule is N=NN=NP(N=NN)N=NN. The second-order valence-electron chi connectivity index (χ2n) is 0.957. The standard InChI is InChI=1S/H5N10P/c1-4-7-10-11(8-5-2)9-6-3/h1H,(H2,2,8)(H2,3,9). The van der Waals surface area contributed by atoms with E-state index in [1.807, 2.05) is 0 Å². The Morgan fingerprint density at radius 2 is 1.55 bits per heavy atom. The van der Waals surface area contributed by atoms with Gasteiger partial charge in [0.2, 0.25) is 0 Å². The Hall–Kier alpha value is -1.57. The molecule has 0 rings (SSSR count). The second-order valence-corrected chi connectivity index (χ2v) is 2.03. The van der Waals surface area contributed by atoms with Crippen LogP contribution in [0.15, 0.2) is 35.5 Å². The van der Waals surface area contributed by atoms with Crippen molar-refractivity contribution in [1.29, 1.82) is 5.53 Å². The third-order valence-corrected chi connectivity index (χ3v) is 1.19. The minimum Gasteiger partial charge on any atom is -0.305 e. The maximum Gasteiger partial charge on any atom is 0.332 e. The van der Waals surface area contributed by atoms with E-state index in [1.165, 1.54) is 0 Å². The molecular weight excluding hydrogens is 171 g/mol. The molecule has 0 aromatic heterocycles. The first-order chi connectivity index (χ1) is 5.35. The van der Waals surface area contributed by atoms with Crippen molar-refractivity contribution in [3.8, 4) is 0 Å². The fourth-order valence-corrected chi connectivity index (χ4v) is 0.605. The average molecular weight is 176 g/mol. The predicted molar refractivity (Wildman–Crippen MR) is 35.0 cm³/mol. The molecule has 10 nitrogen and oxygen atoms in total. The van der Waals surface area contributed by atoms with Crippen LogP contribution >= 0.6 is 8.37 Å². The van der Waals surface area contributed by atoms with Crippen LogP contribution in [-0.4, -0.2) is 0 Å². The number of hydrogen-bond acceptors (Lipinski definition) is 6. The van der Waals surface area contributed by atoms with Crippen LogP contribution in [0.25, 0.3) is 0 Å². The lowest BCUT2D eigenvalue weighted by Crippen LogP contribution is -1.74. The van der Waals surface area contributed by atoms with Gasteiger partial charge in [0.25, 0.3) is 0 Å². The monoisotopic (exact) mass is 176 g/mol. The lowest BCUT2D eigenvalue weighted by Gasteiger charge is -1.87. The first-order valence-electron chi connectivity index (χ1n) is 2.14. The number of nitrogens with one attached hydrogen (secondary N) is 1. The minimum absolute atomic E-state index is 1.66. The molecule has 0 bridgehead atoms. The molecule has 0 aliphatic rings. The highest BCUT2D eigenvalue weighted by molar-refractivity contribution is 7.52. The summed E-state index contributed by atoms with van der Waals surface area (Å²) in [5.74, 6) is 9.37. The predicted octanol–water partition coefficient (Wildman–Crippen LogP) is 1.26. The summed E-state index contributed by atoms with van der Waals surface area (Å²) >= 11 is 0. The Kier molecular flexibility index (Phi) is 5.61.